The normalized spacial score (nSPS) is 13.1. The second kappa shape index (κ2) is 8.30. The van der Waals surface area contributed by atoms with E-state index in [-0.39, 0.29) is 17.8 Å². The monoisotopic (exact) mass is 464 g/mol. The second-order valence-corrected chi connectivity index (χ2v) is 10.7. The molecule has 1 aliphatic rings. The van der Waals surface area contributed by atoms with E-state index < -0.39 is 0 Å². The van der Waals surface area contributed by atoms with Gasteiger partial charge in [0.15, 0.2) is 16.7 Å². The zero-order chi connectivity index (χ0) is 22.3. The third-order valence-electron chi connectivity index (χ3n) is 5.50. The summed E-state index contributed by atoms with van der Waals surface area (Å²) in [6.45, 7) is 7.31. The molecular weight excluding hydrogens is 440 g/mol. The predicted octanol–water partition coefficient (Wildman–Crippen LogP) is 5.82. The molecule has 7 heteroatoms. The molecule has 32 heavy (non-hydrogen) atoms. The smallest absolute Gasteiger partial charge is 0.272 e. The van der Waals surface area contributed by atoms with E-state index in [2.05, 4.69) is 45.0 Å². The number of rotatable bonds is 5. The predicted molar refractivity (Wildman–Crippen MR) is 130 cm³/mol. The first-order chi connectivity index (χ1) is 15.4. The Balaban J connectivity index is 1.45. The van der Waals surface area contributed by atoms with Gasteiger partial charge in [0.1, 0.15) is 4.70 Å². The highest BCUT2D eigenvalue weighted by atomic mass is 32.2. The van der Waals surface area contributed by atoms with E-state index >= 15 is 0 Å². The number of fused-ring (bicyclic) bond motifs is 2. The van der Waals surface area contributed by atoms with Crippen molar-refractivity contribution in [3.63, 3.8) is 0 Å². The maximum absolute atomic E-state index is 13.3. The topological polar surface area (TPSA) is 53.4 Å². The Kier molecular flexibility index (Phi) is 5.47. The fraction of sp³-hybridized carbons (Fsp3) is 0.280. The lowest BCUT2D eigenvalue weighted by Crippen LogP contribution is -2.23. The number of aromatic nitrogens is 2. The van der Waals surface area contributed by atoms with E-state index in [0.29, 0.717) is 17.0 Å². The summed E-state index contributed by atoms with van der Waals surface area (Å²) in [4.78, 5) is 18.1. The highest BCUT2D eigenvalue weighted by Gasteiger charge is 2.17. The molecule has 0 atom stereocenters. The van der Waals surface area contributed by atoms with E-state index in [1.165, 1.54) is 22.5 Å². The number of hydrogen-bond acceptors (Lipinski definition) is 6. The van der Waals surface area contributed by atoms with Crippen molar-refractivity contribution in [3.05, 3.63) is 81.0 Å². The summed E-state index contributed by atoms with van der Waals surface area (Å²) in [5.74, 6) is 2.20. The zero-order valence-corrected chi connectivity index (χ0v) is 19.9. The molecule has 0 amide bonds. The largest absolute Gasteiger partial charge is 0.454 e. The van der Waals surface area contributed by atoms with Gasteiger partial charge in [-0.1, -0.05) is 62.9 Å². The SMILES string of the molecule is CC(C)(C)c1ccc(CSc2nc3ccsc3c(=O)n2Cc2ccc3c(c2)OCO3)cc1. The van der Waals surface area contributed by atoms with Crippen molar-refractivity contribution >= 4 is 33.3 Å². The molecule has 5 nitrogen and oxygen atoms in total. The molecule has 1 aliphatic heterocycles. The van der Waals surface area contributed by atoms with Crippen LogP contribution in [0.5, 0.6) is 11.5 Å². The van der Waals surface area contributed by atoms with Gasteiger partial charge in [0.05, 0.1) is 12.1 Å². The van der Waals surface area contributed by atoms with Crippen LogP contribution in [0.25, 0.3) is 10.2 Å². The highest BCUT2D eigenvalue weighted by Crippen LogP contribution is 2.33. The molecule has 0 saturated carbocycles. The Morgan fingerprint density at radius 2 is 1.78 bits per heavy atom. The Labute approximate surface area is 195 Å². The Morgan fingerprint density at radius 1 is 1.03 bits per heavy atom. The fourth-order valence-corrected chi connectivity index (χ4v) is 5.38. The number of thioether (sulfide) groups is 1. The van der Waals surface area contributed by atoms with Gasteiger partial charge in [-0.15, -0.1) is 11.3 Å². The van der Waals surface area contributed by atoms with Crippen molar-refractivity contribution in [1.29, 1.82) is 0 Å². The molecule has 0 fully saturated rings. The van der Waals surface area contributed by atoms with Gasteiger partial charge in [0.25, 0.3) is 5.56 Å². The van der Waals surface area contributed by atoms with Crippen LogP contribution in [-0.4, -0.2) is 16.3 Å². The third-order valence-corrected chi connectivity index (χ3v) is 7.44. The number of hydrogen-bond donors (Lipinski definition) is 0. The number of benzene rings is 2. The van der Waals surface area contributed by atoms with Crippen LogP contribution >= 0.6 is 23.1 Å². The molecule has 2 aromatic heterocycles. The maximum Gasteiger partial charge on any atom is 0.272 e. The van der Waals surface area contributed by atoms with Gasteiger partial charge in [-0.25, -0.2) is 4.98 Å². The lowest BCUT2D eigenvalue weighted by atomic mass is 9.87. The van der Waals surface area contributed by atoms with E-state index in [9.17, 15) is 4.79 Å². The first-order valence-electron chi connectivity index (χ1n) is 10.5. The standard InChI is InChI=1S/C25H24N2O3S2/c1-25(2,3)18-7-4-16(5-8-18)14-32-24-26-19-10-11-31-22(19)23(28)27(24)13-17-6-9-20-21(12-17)30-15-29-20/h4-12H,13-15H2,1-3H3. The molecule has 3 heterocycles. The Bertz CT molecular complexity index is 1330. The average molecular weight is 465 g/mol. The van der Waals surface area contributed by atoms with Crippen molar-refractivity contribution in [2.45, 2.75) is 43.6 Å². The van der Waals surface area contributed by atoms with E-state index in [4.69, 9.17) is 14.5 Å². The van der Waals surface area contributed by atoms with Crippen molar-refractivity contribution in [2.75, 3.05) is 6.79 Å². The molecule has 0 bridgehead atoms. The quantitative estimate of drug-likeness (QED) is 0.275. The molecule has 0 aliphatic carbocycles. The molecule has 0 radical (unpaired) electrons. The number of thiophene rings is 1. The summed E-state index contributed by atoms with van der Waals surface area (Å²) in [6.07, 6.45) is 0. The van der Waals surface area contributed by atoms with Crippen LogP contribution in [-0.2, 0) is 17.7 Å². The van der Waals surface area contributed by atoms with Crippen molar-refractivity contribution in [2.24, 2.45) is 0 Å². The molecule has 0 unspecified atom stereocenters. The summed E-state index contributed by atoms with van der Waals surface area (Å²) >= 11 is 3.03. The van der Waals surface area contributed by atoms with Crippen LogP contribution < -0.4 is 15.0 Å². The summed E-state index contributed by atoms with van der Waals surface area (Å²) in [7, 11) is 0. The maximum atomic E-state index is 13.3. The molecule has 0 N–H and O–H groups in total. The fourth-order valence-electron chi connectivity index (χ4n) is 3.64. The van der Waals surface area contributed by atoms with Gasteiger partial charge in [-0.05, 0) is 45.7 Å². The summed E-state index contributed by atoms with van der Waals surface area (Å²) in [5, 5.41) is 2.64. The minimum Gasteiger partial charge on any atom is -0.454 e. The van der Waals surface area contributed by atoms with Crippen LogP contribution in [0, 0.1) is 0 Å². The van der Waals surface area contributed by atoms with Crippen LogP contribution in [0.1, 0.15) is 37.5 Å². The van der Waals surface area contributed by atoms with Crippen LogP contribution in [0.2, 0.25) is 0 Å². The third kappa shape index (κ3) is 4.14. The van der Waals surface area contributed by atoms with Crippen LogP contribution in [0.15, 0.2) is 63.9 Å². The van der Waals surface area contributed by atoms with Crippen molar-refractivity contribution < 1.29 is 9.47 Å². The summed E-state index contributed by atoms with van der Waals surface area (Å²) < 4.78 is 13.4. The zero-order valence-electron chi connectivity index (χ0n) is 18.3. The minimum absolute atomic E-state index is 0.00625. The van der Waals surface area contributed by atoms with Crippen LogP contribution in [0.4, 0.5) is 0 Å². The molecule has 0 spiro atoms. The molecule has 2 aromatic carbocycles. The van der Waals surface area contributed by atoms with Gasteiger partial charge >= 0.3 is 0 Å². The van der Waals surface area contributed by atoms with E-state index in [0.717, 1.165) is 27.7 Å². The van der Waals surface area contributed by atoms with Gasteiger partial charge in [-0.2, -0.15) is 0 Å². The number of ether oxygens (including phenoxy) is 2. The molecule has 164 valence electrons. The summed E-state index contributed by atoms with van der Waals surface area (Å²) in [6, 6.07) is 16.4. The van der Waals surface area contributed by atoms with E-state index in [1.54, 1.807) is 16.3 Å². The lowest BCUT2D eigenvalue weighted by molar-refractivity contribution is 0.174. The molecule has 0 saturated heterocycles. The lowest BCUT2D eigenvalue weighted by Gasteiger charge is -2.19. The Morgan fingerprint density at radius 3 is 2.56 bits per heavy atom. The van der Waals surface area contributed by atoms with Crippen LogP contribution in [0.3, 0.4) is 0 Å². The second-order valence-electron chi connectivity index (χ2n) is 8.84. The van der Waals surface area contributed by atoms with Gasteiger partial charge < -0.3 is 9.47 Å². The Hall–Kier alpha value is -2.77. The molecule has 4 aromatic rings. The van der Waals surface area contributed by atoms with Crippen molar-refractivity contribution in [1.82, 2.24) is 9.55 Å². The summed E-state index contributed by atoms with van der Waals surface area (Å²) in [5.41, 5.74) is 4.37. The average Bonchev–Trinajstić information content (AvgIpc) is 3.43. The van der Waals surface area contributed by atoms with Gasteiger partial charge in [-0.3, -0.25) is 9.36 Å². The number of nitrogens with zero attached hydrogens (tertiary/aromatic N) is 2. The first kappa shape index (κ1) is 21.1. The molecular formula is C25H24N2O3S2. The van der Waals surface area contributed by atoms with Crippen molar-refractivity contribution in [3.8, 4) is 11.5 Å². The molecule has 5 rings (SSSR count). The van der Waals surface area contributed by atoms with E-state index in [1.807, 2.05) is 29.6 Å². The minimum atomic E-state index is -0.00625. The highest BCUT2D eigenvalue weighted by molar-refractivity contribution is 7.98. The first-order valence-corrected chi connectivity index (χ1v) is 12.3. The van der Waals surface area contributed by atoms with Gasteiger partial charge in [0.2, 0.25) is 6.79 Å². The van der Waals surface area contributed by atoms with Gasteiger partial charge in [0, 0.05) is 5.75 Å².